The minimum atomic E-state index is -0.342. The van der Waals surface area contributed by atoms with E-state index in [0.717, 1.165) is 41.7 Å². The molecule has 0 unspecified atom stereocenters. The predicted octanol–water partition coefficient (Wildman–Crippen LogP) is 3.82. The van der Waals surface area contributed by atoms with Crippen molar-refractivity contribution in [2.75, 3.05) is 63.1 Å². The Morgan fingerprint density at radius 2 is 1.92 bits per heavy atom. The van der Waals surface area contributed by atoms with Crippen molar-refractivity contribution in [3.8, 4) is 5.75 Å². The standard InChI is InChI=1S/C27H31BrN6O4/c1-3-25(35)32-23-15-21-22(29-18-30-27(21)31-20-7-5-6-19(28)14-20)16-24(23)38-13-12-33-8-10-34(11-9-33)17-26(36)37-4-2/h3,5-7,14-16,18H,1,4,8-13,17H2,2H3,(H,32,35)(H,29,30,31). The van der Waals surface area contributed by atoms with E-state index in [4.69, 9.17) is 9.47 Å². The first-order valence-electron chi connectivity index (χ1n) is 12.4. The predicted molar refractivity (Wildman–Crippen MR) is 151 cm³/mol. The lowest BCUT2D eigenvalue weighted by molar-refractivity contribution is -0.144. The minimum Gasteiger partial charge on any atom is -0.490 e. The van der Waals surface area contributed by atoms with Crippen LogP contribution < -0.4 is 15.4 Å². The molecule has 3 aromatic rings. The van der Waals surface area contributed by atoms with Gasteiger partial charge in [0.25, 0.3) is 0 Å². The van der Waals surface area contributed by atoms with Gasteiger partial charge < -0.3 is 20.1 Å². The number of hydrogen-bond donors (Lipinski definition) is 2. The van der Waals surface area contributed by atoms with Crippen molar-refractivity contribution in [1.29, 1.82) is 0 Å². The summed E-state index contributed by atoms with van der Waals surface area (Å²) in [5, 5.41) is 6.89. The van der Waals surface area contributed by atoms with E-state index in [2.05, 4.69) is 52.9 Å². The molecule has 1 amide bonds. The van der Waals surface area contributed by atoms with Crippen LogP contribution in [-0.4, -0.2) is 84.1 Å². The number of amides is 1. The molecule has 1 aliphatic heterocycles. The molecule has 0 spiro atoms. The molecule has 0 saturated carbocycles. The largest absolute Gasteiger partial charge is 0.490 e. The average Bonchev–Trinajstić information content (AvgIpc) is 2.90. The molecule has 1 aromatic heterocycles. The summed E-state index contributed by atoms with van der Waals surface area (Å²) in [6, 6.07) is 11.4. The number of rotatable bonds is 11. The molecule has 4 rings (SSSR count). The molecule has 10 nitrogen and oxygen atoms in total. The normalized spacial score (nSPS) is 14.2. The van der Waals surface area contributed by atoms with Gasteiger partial charge in [0, 0.05) is 54.3 Å². The summed E-state index contributed by atoms with van der Waals surface area (Å²) in [6.07, 6.45) is 2.70. The Hall–Kier alpha value is -3.54. The topological polar surface area (TPSA) is 109 Å². The minimum absolute atomic E-state index is 0.187. The van der Waals surface area contributed by atoms with Crippen LogP contribution in [-0.2, 0) is 14.3 Å². The third-order valence-corrected chi connectivity index (χ3v) is 6.55. The fraction of sp³-hybridized carbons (Fsp3) is 0.333. The van der Waals surface area contributed by atoms with Crippen molar-refractivity contribution >= 4 is 55.9 Å². The third-order valence-electron chi connectivity index (χ3n) is 6.06. The van der Waals surface area contributed by atoms with Crippen LogP contribution in [0.4, 0.5) is 17.2 Å². The molecular formula is C27H31BrN6O4. The van der Waals surface area contributed by atoms with Crippen molar-refractivity contribution in [2.24, 2.45) is 0 Å². The van der Waals surface area contributed by atoms with E-state index < -0.39 is 0 Å². The highest BCUT2D eigenvalue weighted by Crippen LogP contribution is 2.33. The molecule has 0 aliphatic carbocycles. The van der Waals surface area contributed by atoms with Crippen molar-refractivity contribution in [3.63, 3.8) is 0 Å². The van der Waals surface area contributed by atoms with Crippen LogP contribution in [0.2, 0.25) is 0 Å². The van der Waals surface area contributed by atoms with E-state index in [1.54, 1.807) is 12.1 Å². The van der Waals surface area contributed by atoms with Gasteiger partial charge in [-0.15, -0.1) is 0 Å². The first-order chi connectivity index (χ1) is 18.4. The lowest BCUT2D eigenvalue weighted by atomic mass is 10.1. The molecule has 1 saturated heterocycles. The molecule has 1 fully saturated rings. The van der Waals surface area contributed by atoms with Crippen molar-refractivity contribution in [3.05, 3.63) is 59.9 Å². The second-order valence-electron chi connectivity index (χ2n) is 8.69. The molecule has 38 heavy (non-hydrogen) atoms. The van der Waals surface area contributed by atoms with Crippen LogP contribution >= 0.6 is 15.9 Å². The maximum absolute atomic E-state index is 12.2. The summed E-state index contributed by atoms with van der Waals surface area (Å²) in [5.74, 6) is 0.592. The van der Waals surface area contributed by atoms with Gasteiger partial charge in [0.05, 0.1) is 24.4 Å². The molecule has 0 bridgehead atoms. The summed E-state index contributed by atoms with van der Waals surface area (Å²) in [6.45, 7) is 10.5. The molecule has 0 atom stereocenters. The van der Waals surface area contributed by atoms with Crippen LogP contribution in [0.5, 0.6) is 5.75 Å². The average molecular weight is 583 g/mol. The number of esters is 1. The summed E-state index contributed by atoms with van der Waals surface area (Å²) in [5.41, 5.74) is 2.05. The maximum Gasteiger partial charge on any atom is 0.320 e. The van der Waals surface area contributed by atoms with Crippen molar-refractivity contribution < 1.29 is 19.1 Å². The molecule has 2 heterocycles. The van der Waals surface area contributed by atoms with Gasteiger partial charge in [-0.1, -0.05) is 28.6 Å². The zero-order valence-electron chi connectivity index (χ0n) is 21.3. The highest BCUT2D eigenvalue weighted by molar-refractivity contribution is 9.10. The fourth-order valence-corrected chi connectivity index (χ4v) is 4.53. The number of fused-ring (bicyclic) bond motifs is 1. The maximum atomic E-state index is 12.2. The van der Waals surface area contributed by atoms with Crippen LogP contribution in [0.25, 0.3) is 10.9 Å². The third kappa shape index (κ3) is 7.50. The lowest BCUT2D eigenvalue weighted by Crippen LogP contribution is -2.49. The summed E-state index contributed by atoms with van der Waals surface area (Å²) < 4.78 is 12.1. The Morgan fingerprint density at radius 1 is 1.13 bits per heavy atom. The summed E-state index contributed by atoms with van der Waals surface area (Å²) in [4.78, 5) is 37.1. The number of halogens is 1. The van der Waals surface area contributed by atoms with Gasteiger partial charge in [0.15, 0.2) is 0 Å². The number of benzene rings is 2. The number of ether oxygens (including phenoxy) is 2. The fourth-order valence-electron chi connectivity index (χ4n) is 4.13. The zero-order chi connectivity index (χ0) is 26.9. The Labute approximate surface area is 230 Å². The Balaban J connectivity index is 1.44. The van der Waals surface area contributed by atoms with E-state index in [0.29, 0.717) is 49.1 Å². The van der Waals surface area contributed by atoms with Crippen LogP contribution in [0.15, 0.2) is 59.9 Å². The number of carbonyl (C=O) groups is 2. The number of nitrogens with zero attached hydrogens (tertiary/aromatic N) is 4. The van der Waals surface area contributed by atoms with Gasteiger partial charge in [-0.25, -0.2) is 9.97 Å². The van der Waals surface area contributed by atoms with Crippen molar-refractivity contribution in [1.82, 2.24) is 19.8 Å². The van der Waals surface area contributed by atoms with E-state index in [-0.39, 0.29) is 11.9 Å². The molecular weight excluding hydrogens is 552 g/mol. The highest BCUT2D eigenvalue weighted by Gasteiger charge is 2.20. The molecule has 11 heteroatoms. The lowest BCUT2D eigenvalue weighted by Gasteiger charge is -2.33. The van der Waals surface area contributed by atoms with Gasteiger partial charge in [-0.2, -0.15) is 0 Å². The second-order valence-corrected chi connectivity index (χ2v) is 9.60. The smallest absolute Gasteiger partial charge is 0.320 e. The number of aromatic nitrogens is 2. The highest BCUT2D eigenvalue weighted by atomic mass is 79.9. The van der Waals surface area contributed by atoms with Gasteiger partial charge in [-0.05, 0) is 37.3 Å². The number of hydrogen-bond acceptors (Lipinski definition) is 9. The van der Waals surface area contributed by atoms with Crippen LogP contribution in [0.3, 0.4) is 0 Å². The van der Waals surface area contributed by atoms with Crippen LogP contribution in [0, 0.1) is 0 Å². The van der Waals surface area contributed by atoms with Gasteiger partial charge in [0.2, 0.25) is 5.91 Å². The Kier molecular flexibility index (Phi) is 9.63. The molecule has 2 aromatic carbocycles. The van der Waals surface area contributed by atoms with Gasteiger partial charge >= 0.3 is 5.97 Å². The number of anilines is 3. The van der Waals surface area contributed by atoms with Crippen LogP contribution in [0.1, 0.15) is 6.92 Å². The first kappa shape index (κ1) is 27.5. The summed E-state index contributed by atoms with van der Waals surface area (Å²) in [7, 11) is 0. The molecule has 200 valence electrons. The molecule has 2 N–H and O–H groups in total. The van der Waals surface area contributed by atoms with E-state index in [1.165, 1.54) is 12.4 Å². The second kappa shape index (κ2) is 13.3. The van der Waals surface area contributed by atoms with Gasteiger partial charge in [0.1, 0.15) is 24.5 Å². The number of nitrogens with one attached hydrogen (secondary N) is 2. The first-order valence-corrected chi connectivity index (χ1v) is 13.2. The van der Waals surface area contributed by atoms with E-state index >= 15 is 0 Å². The van der Waals surface area contributed by atoms with E-state index in [1.807, 2.05) is 31.2 Å². The monoisotopic (exact) mass is 582 g/mol. The zero-order valence-corrected chi connectivity index (χ0v) is 22.9. The molecule has 0 radical (unpaired) electrons. The summed E-state index contributed by atoms with van der Waals surface area (Å²) >= 11 is 3.48. The van der Waals surface area contributed by atoms with Crippen molar-refractivity contribution in [2.45, 2.75) is 6.92 Å². The quantitative estimate of drug-likeness (QED) is 0.257. The van der Waals surface area contributed by atoms with Gasteiger partial charge in [-0.3, -0.25) is 19.4 Å². The number of piperazine rings is 1. The molecule has 1 aliphatic rings. The van der Waals surface area contributed by atoms with E-state index in [9.17, 15) is 9.59 Å². The Morgan fingerprint density at radius 3 is 2.66 bits per heavy atom. The SMILES string of the molecule is C=CC(=O)Nc1cc2c(Nc3cccc(Br)c3)ncnc2cc1OCCN1CCN(CC(=O)OCC)CC1. The number of carbonyl (C=O) groups excluding carboxylic acids is 2. The Bertz CT molecular complexity index is 1300.